The minimum absolute atomic E-state index is 1.04. The lowest BCUT2D eigenvalue weighted by Gasteiger charge is -2.22. The van der Waals surface area contributed by atoms with Gasteiger partial charge in [-0.05, 0) is 86.6 Å². The number of hydrogen-bond acceptors (Lipinski definition) is 1. The zero-order valence-corrected chi connectivity index (χ0v) is 15.7. The second-order valence-corrected chi connectivity index (χ2v) is 7.56. The molecule has 27 heavy (non-hydrogen) atoms. The molecule has 0 aliphatic heterocycles. The maximum atomic E-state index is 2.43. The lowest BCUT2D eigenvalue weighted by molar-refractivity contribution is 0.867. The summed E-state index contributed by atoms with van der Waals surface area (Å²) in [7, 11) is 0. The third kappa shape index (κ3) is 1.84. The summed E-state index contributed by atoms with van der Waals surface area (Å²) in [5, 5.41) is 8.30. The normalized spacial score (nSPS) is 12.4. The van der Waals surface area contributed by atoms with Crippen LogP contribution in [0, 0.1) is 0 Å². The van der Waals surface area contributed by atoms with Crippen LogP contribution in [0.2, 0.25) is 0 Å². The molecule has 0 bridgehead atoms. The molecule has 0 aromatic heterocycles. The Morgan fingerprint density at radius 3 is 2.07 bits per heavy atom. The Balaban J connectivity index is 1.77. The highest BCUT2D eigenvalue weighted by atomic mass is 15.1. The highest BCUT2D eigenvalue weighted by molar-refractivity contribution is 6.31. The van der Waals surface area contributed by atoms with Gasteiger partial charge in [0.2, 0.25) is 0 Å². The van der Waals surface area contributed by atoms with Crippen molar-refractivity contribution < 1.29 is 0 Å². The number of nitrogens with zero attached hydrogens (tertiary/aromatic N) is 1. The molecule has 1 heteroatoms. The Morgan fingerprint density at radius 1 is 0.556 bits per heavy atom. The van der Waals surface area contributed by atoms with Gasteiger partial charge in [0.1, 0.15) is 0 Å². The van der Waals surface area contributed by atoms with Gasteiger partial charge in [-0.3, -0.25) is 0 Å². The molecule has 0 heterocycles. The molecule has 0 radical (unpaired) electrons. The largest absolute Gasteiger partial charge is 0.372 e. The number of benzene rings is 5. The number of rotatable bonds is 3. The summed E-state index contributed by atoms with van der Waals surface area (Å²) >= 11 is 0. The summed E-state index contributed by atoms with van der Waals surface area (Å²) in [5.74, 6) is 0. The van der Waals surface area contributed by atoms with E-state index in [4.69, 9.17) is 0 Å². The number of fused-ring (bicyclic) bond motifs is 3. The molecule has 0 saturated heterocycles. The molecule has 1 aliphatic carbocycles. The topological polar surface area (TPSA) is 3.24 Å². The van der Waals surface area contributed by atoms with Crippen molar-refractivity contribution in [2.45, 2.75) is 13.8 Å². The highest BCUT2D eigenvalue weighted by Crippen LogP contribution is 2.52. The summed E-state index contributed by atoms with van der Waals surface area (Å²) in [5.41, 5.74) is 6.86. The molecule has 0 unspecified atom stereocenters. The average molecular weight is 347 g/mol. The van der Waals surface area contributed by atoms with Gasteiger partial charge in [-0.15, -0.1) is 0 Å². The van der Waals surface area contributed by atoms with Crippen molar-refractivity contribution in [2.75, 3.05) is 18.0 Å². The SMILES string of the molecule is CCN(CC)c1ccc2c(c1)-c1cc3cccc4ccc5ccc-2c1c5c43. The fourth-order valence-electron chi connectivity index (χ4n) is 5.06. The first-order valence-electron chi connectivity index (χ1n) is 9.90. The molecule has 6 rings (SSSR count). The van der Waals surface area contributed by atoms with Gasteiger partial charge in [-0.2, -0.15) is 0 Å². The van der Waals surface area contributed by atoms with Gasteiger partial charge in [0.25, 0.3) is 0 Å². The smallest absolute Gasteiger partial charge is 0.0372 e. The predicted molar refractivity (Wildman–Crippen MR) is 118 cm³/mol. The van der Waals surface area contributed by atoms with Crippen LogP contribution in [0.15, 0.2) is 66.7 Å². The number of hydrogen-bond donors (Lipinski definition) is 0. The van der Waals surface area contributed by atoms with Crippen molar-refractivity contribution in [3.05, 3.63) is 66.7 Å². The van der Waals surface area contributed by atoms with Gasteiger partial charge in [0, 0.05) is 18.8 Å². The minimum atomic E-state index is 1.04. The average Bonchev–Trinajstić information content (AvgIpc) is 3.03. The minimum Gasteiger partial charge on any atom is -0.372 e. The van der Waals surface area contributed by atoms with Crippen LogP contribution in [-0.2, 0) is 0 Å². The Labute approximate surface area is 159 Å². The highest BCUT2D eigenvalue weighted by Gasteiger charge is 2.25. The van der Waals surface area contributed by atoms with E-state index in [0.717, 1.165) is 13.1 Å². The molecule has 0 amide bonds. The molecule has 5 aromatic carbocycles. The van der Waals surface area contributed by atoms with Crippen LogP contribution < -0.4 is 4.90 Å². The lowest BCUT2D eigenvalue weighted by atomic mass is 9.91. The standard InChI is InChI=1S/C26H21N/c1-3-27(4-2)19-11-13-20-21-12-10-17-9-8-16-6-5-7-18-14-23(22(20)15-19)26(21)25(17)24(16)18/h5-15H,3-4H2,1-2H3. The van der Waals surface area contributed by atoms with Gasteiger partial charge in [0.15, 0.2) is 0 Å². The fraction of sp³-hybridized carbons (Fsp3) is 0.154. The van der Waals surface area contributed by atoms with E-state index in [1.54, 1.807) is 0 Å². The Kier molecular flexibility index (Phi) is 2.91. The first-order valence-corrected chi connectivity index (χ1v) is 9.90. The third-order valence-corrected chi connectivity index (χ3v) is 6.34. The predicted octanol–water partition coefficient (Wildman–Crippen LogP) is 7.08. The quantitative estimate of drug-likeness (QED) is 0.309. The Morgan fingerprint density at radius 2 is 1.26 bits per heavy atom. The van der Waals surface area contributed by atoms with E-state index in [9.17, 15) is 0 Å². The van der Waals surface area contributed by atoms with Gasteiger partial charge in [0.05, 0.1) is 0 Å². The van der Waals surface area contributed by atoms with Crippen LogP contribution in [0.1, 0.15) is 13.8 Å². The van der Waals surface area contributed by atoms with Gasteiger partial charge >= 0.3 is 0 Å². The summed E-state index contributed by atoms with van der Waals surface area (Å²) in [6, 6.07) is 25.2. The van der Waals surface area contributed by atoms with E-state index >= 15 is 0 Å². The van der Waals surface area contributed by atoms with Crippen molar-refractivity contribution in [3.63, 3.8) is 0 Å². The molecule has 130 valence electrons. The van der Waals surface area contributed by atoms with Crippen molar-refractivity contribution in [1.82, 2.24) is 0 Å². The van der Waals surface area contributed by atoms with Gasteiger partial charge in [-0.25, -0.2) is 0 Å². The molecule has 1 nitrogen and oxygen atoms in total. The molecule has 0 N–H and O–H groups in total. The van der Waals surface area contributed by atoms with Crippen molar-refractivity contribution in [2.24, 2.45) is 0 Å². The van der Waals surface area contributed by atoms with Crippen LogP contribution in [0.25, 0.3) is 54.6 Å². The summed E-state index contributed by atoms with van der Waals surface area (Å²) in [4.78, 5) is 2.43. The fourth-order valence-corrected chi connectivity index (χ4v) is 5.06. The van der Waals surface area contributed by atoms with Crippen molar-refractivity contribution >= 4 is 38.0 Å². The summed E-state index contributed by atoms with van der Waals surface area (Å²) in [6.45, 7) is 6.53. The monoisotopic (exact) mass is 347 g/mol. The van der Waals surface area contributed by atoms with E-state index < -0.39 is 0 Å². The van der Waals surface area contributed by atoms with Crippen molar-refractivity contribution in [3.8, 4) is 22.3 Å². The van der Waals surface area contributed by atoms with Gasteiger partial charge in [-0.1, -0.05) is 48.5 Å². The summed E-state index contributed by atoms with van der Waals surface area (Å²) < 4.78 is 0. The first kappa shape index (κ1) is 15.0. The van der Waals surface area contributed by atoms with E-state index in [1.807, 2.05) is 0 Å². The van der Waals surface area contributed by atoms with E-state index in [1.165, 1.54) is 60.3 Å². The van der Waals surface area contributed by atoms with Crippen LogP contribution >= 0.6 is 0 Å². The number of anilines is 1. The second kappa shape index (κ2) is 5.23. The second-order valence-electron chi connectivity index (χ2n) is 7.56. The maximum Gasteiger partial charge on any atom is 0.0372 e. The lowest BCUT2D eigenvalue weighted by Crippen LogP contribution is -2.21. The van der Waals surface area contributed by atoms with Crippen molar-refractivity contribution in [1.29, 1.82) is 0 Å². The van der Waals surface area contributed by atoms with Crippen LogP contribution in [0.4, 0.5) is 5.69 Å². The molecule has 0 spiro atoms. The zero-order valence-electron chi connectivity index (χ0n) is 15.7. The molecule has 0 saturated carbocycles. The molecule has 0 atom stereocenters. The van der Waals surface area contributed by atoms with E-state index in [0.29, 0.717) is 0 Å². The van der Waals surface area contributed by atoms with Crippen LogP contribution in [0.5, 0.6) is 0 Å². The molecule has 0 fully saturated rings. The molecule has 1 aliphatic rings. The Bertz CT molecular complexity index is 1340. The molecular formula is C26H21N. The van der Waals surface area contributed by atoms with E-state index in [-0.39, 0.29) is 0 Å². The maximum absolute atomic E-state index is 2.43. The zero-order chi connectivity index (χ0) is 18.1. The molecule has 5 aromatic rings. The summed E-state index contributed by atoms with van der Waals surface area (Å²) in [6.07, 6.45) is 0. The Hall–Kier alpha value is -3.06. The third-order valence-electron chi connectivity index (χ3n) is 6.34. The van der Waals surface area contributed by atoms with Gasteiger partial charge < -0.3 is 4.90 Å². The van der Waals surface area contributed by atoms with Crippen LogP contribution in [-0.4, -0.2) is 13.1 Å². The first-order chi connectivity index (χ1) is 13.3. The van der Waals surface area contributed by atoms with Crippen LogP contribution in [0.3, 0.4) is 0 Å². The molecular weight excluding hydrogens is 326 g/mol. The van der Waals surface area contributed by atoms with E-state index in [2.05, 4.69) is 85.5 Å².